The van der Waals surface area contributed by atoms with Crippen molar-refractivity contribution in [2.75, 3.05) is 20.2 Å². The Morgan fingerprint density at radius 3 is 2.72 bits per heavy atom. The van der Waals surface area contributed by atoms with Gasteiger partial charge < -0.3 is 20.5 Å². The average Bonchev–Trinajstić information content (AvgIpc) is 3.29. The second-order valence-corrected chi connectivity index (χ2v) is 7.46. The van der Waals surface area contributed by atoms with E-state index in [1.165, 1.54) is 30.5 Å². The number of likely N-dealkylation sites (tertiary alicyclic amines) is 1. The SMILES string of the molecule is CO[C@@H]1CCN(C(=O)c2ccc(N=CC(=NN)c3cc4cc(F)ccc4[nH]c3=O)cc2)C1. The normalized spacial score (nSPS) is 16.9. The van der Waals surface area contributed by atoms with Gasteiger partial charge in [-0.25, -0.2) is 4.39 Å². The minimum atomic E-state index is -0.420. The second-order valence-electron chi connectivity index (χ2n) is 7.46. The van der Waals surface area contributed by atoms with Crippen molar-refractivity contribution >= 4 is 34.4 Å². The highest BCUT2D eigenvalue weighted by Crippen LogP contribution is 2.19. The largest absolute Gasteiger partial charge is 0.380 e. The molecule has 2 aromatic carbocycles. The molecular formula is C23H22FN5O3. The van der Waals surface area contributed by atoms with Crippen molar-refractivity contribution in [1.82, 2.24) is 9.88 Å². The summed E-state index contributed by atoms with van der Waals surface area (Å²) in [5.41, 5.74) is 1.51. The quantitative estimate of drug-likeness (QED) is 0.364. The number of H-pyrrole nitrogens is 1. The van der Waals surface area contributed by atoms with Crippen molar-refractivity contribution < 1.29 is 13.9 Å². The third-order valence-electron chi connectivity index (χ3n) is 5.44. The summed E-state index contributed by atoms with van der Waals surface area (Å²) in [5.74, 6) is 5.00. The highest BCUT2D eigenvalue weighted by molar-refractivity contribution is 6.38. The summed E-state index contributed by atoms with van der Waals surface area (Å²) in [4.78, 5) is 33.8. The molecule has 2 heterocycles. The number of halogens is 1. The Balaban J connectivity index is 1.52. The lowest BCUT2D eigenvalue weighted by atomic mass is 10.1. The Morgan fingerprint density at radius 1 is 1.25 bits per heavy atom. The van der Waals surface area contributed by atoms with Crippen LogP contribution in [-0.4, -0.2) is 54.0 Å². The van der Waals surface area contributed by atoms with E-state index in [-0.39, 0.29) is 23.3 Å². The van der Waals surface area contributed by atoms with Gasteiger partial charge in [-0.1, -0.05) is 0 Å². The number of nitrogens with zero attached hydrogens (tertiary/aromatic N) is 3. The number of aromatic nitrogens is 1. The summed E-state index contributed by atoms with van der Waals surface area (Å²) in [6.07, 6.45) is 2.26. The van der Waals surface area contributed by atoms with E-state index >= 15 is 0 Å². The lowest BCUT2D eigenvalue weighted by Crippen LogP contribution is -2.29. The monoisotopic (exact) mass is 435 g/mol. The van der Waals surface area contributed by atoms with Crippen LogP contribution in [0.1, 0.15) is 22.3 Å². The number of amides is 1. The van der Waals surface area contributed by atoms with Crippen molar-refractivity contribution in [3.05, 3.63) is 75.8 Å². The molecule has 0 saturated carbocycles. The Bertz CT molecular complexity index is 1270. The Kier molecular flexibility index (Phi) is 6.09. The van der Waals surface area contributed by atoms with E-state index in [1.807, 2.05) is 0 Å². The molecule has 1 aliphatic rings. The first-order chi connectivity index (χ1) is 15.5. The number of ether oxygens (including phenoxy) is 1. The fourth-order valence-corrected chi connectivity index (χ4v) is 3.65. The highest BCUT2D eigenvalue weighted by Gasteiger charge is 2.26. The number of benzene rings is 2. The van der Waals surface area contributed by atoms with Crippen molar-refractivity contribution in [3.63, 3.8) is 0 Å². The van der Waals surface area contributed by atoms with Gasteiger partial charge in [-0.05, 0) is 55.0 Å². The number of fused-ring (bicyclic) bond motifs is 1. The van der Waals surface area contributed by atoms with Crippen LogP contribution in [0.3, 0.4) is 0 Å². The first-order valence-electron chi connectivity index (χ1n) is 10.1. The Hall–Kier alpha value is -3.85. The summed E-state index contributed by atoms with van der Waals surface area (Å²) in [6, 6.07) is 12.4. The minimum absolute atomic E-state index is 0.0563. The Labute approximate surface area is 183 Å². The molecule has 0 aliphatic carbocycles. The van der Waals surface area contributed by atoms with Gasteiger partial charge in [-0.15, -0.1) is 0 Å². The molecule has 1 amide bonds. The number of pyridine rings is 1. The number of hydrogen-bond acceptors (Lipinski definition) is 6. The van der Waals surface area contributed by atoms with E-state index in [2.05, 4.69) is 15.1 Å². The van der Waals surface area contributed by atoms with Crippen LogP contribution >= 0.6 is 0 Å². The molecule has 1 aliphatic heterocycles. The molecule has 1 aromatic heterocycles. The maximum Gasteiger partial charge on any atom is 0.258 e. The molecule has 1 atom stereocenters. The third-order valence-corrected chi connectivity index (χ3v) is 5.44. The first-order valence-corrected chi connectivity index (χ1v) is 10.1. The number of aromatic amines is 1. The fourth-order valence-electron chi connectivity index (χ4n) is 3.65. The summed E-state index contributed by atoms with van der Waals surface area (Å²) in [6.45, 7) is 1.24. The zero-order valence-corrected chi connectivity index (χ0v) is 17.4. The molecule has 0 radical (unpaired) electrons. The van der Waals surface area contributed by atoms with E-state index in [0.717, 1.165) is 6.42 Å². The molecule has 0 bridgehead atoms. The number of nitrogens with two attached hydrogens (primary N) is 1. The summed E-state index contributed by atoms with van der Waals surface area (Å²) in [7, 11) is 1.65. The molecule has 164 valence electrons. The standard InChI is InChI=1S/C23H22FN5O3/c1-32-18-8-9-29(13-18)23(31)14-2-5-17(6-3-14)26-12-21(28-25)19-11-15-10-16(24)4-7-20(15)27-22(19)30/h2-7,10-12,18H,8-9,13,25H2,1H3,(H,27,30)/t18-/m1/s1. The van der Waals surface area contributed by atoms with Gasteiger partial charge in [0.05, 0.1) is 23.6 Å². The number of carbonyl (C=O) groups excluding carboxylic acids is 1. The van der Waals surface area contributed by atoms with Crippen LogP contribution in [0.25, 0.3) is 10.9 Å². The predicted molar refractivity (Wildman–Crippen MR) is 121 cm³/mol. The van der Waals surface area contributed by atoms with E-state index in [4.69, 9.17) is 10.6 Å². The molecule has 8 nitrogen and oxygen atoms in total. The van der Waals surface area contributed by atoms with Gasteiger partial charge in [0, 0.05) is 36.7 Å². The lowest BCUT2D eigenvalue weighted by Gasteiger charge is -2.16. The number of aliphatic imine (C=N–C) groups is 1. The lowest BCUT2D eigenvalue weighted by molar-refractivity contribution is 0.0724. The van der Waals surface area contributed by atoms with Crippen LogP contribution in [0.5, 0.6) is 0 Å². The van der Waals surface area contributed by atoms with Crippen LogP contribution < -0.4 is 11.4 Å². The highest BCUT2D eigenvalue weighted by atomic mass is 19.1. The number of methoxy groups -OCH3 is 1. The number of hydrogen-bond donors (Lipinski definition) is 2. The fraction of sp³-hybridized carbons (Fsp3) is 0.217. The van der Waals surface area contributed by atoms with Gasteiger partial charge in [-0.2, -0.15) is 5.10 Å². The van der Waals surface area contributed by atoms with E-state index in [1.54, 1.807) is 36.3 Å². The van der Waals surface area contributed by atoms with Crippen molar-refractivity contribution in [1.29, 1.82) is 0 Å². The average molecular weight is 435 g/mol. The van der Waals surface area contributed by atoms with Crippen molar-refractivity contribution in [2.24, 2.45) is 15.9 Å². The number of hydrazone groups is 1. The molecule has 3 N–H and O–H groups in total. The number of carbonyl (C=O) groups is 1. The van der Waals surface area contributed by atoms with E-state index in [0.29, 0.717) is 35.2 Å². The van der Waals surface area contributed by atoms with Crippen LogP contribution in [0.4, 0.5) is 10.1 Å². The summed E-state index contributed by atoms with van der Waals surface area (Å²) < 4.78 is 18.8. The third kappa shape index (κ3) is 4.42. The molecule has 3 aromatic rings. The molecule has 0 unspecified atom stereocenters. The second kappa shape index (κ2) is 9.11. The van der Waals surface area contributed by atoms with Crippen LogP contribution in [0, 0.1) is 5.82 Å². The number of nitrogens with one attached hydrogen (secondary N) is 1. The molecular weight excluding hydrogens is 413 g/mol. The maximum absolute atomic E-state index is 13.5. The van der Waals surface area contributed by atoms with Gasteiger partial charge in [0.2, 0.25) is 0 Å². The molecule has 9 heteroatoms. The maximum atomic E-state index is 13.5. The topological polar surface area (TPSA) is 113 Å². The zero-order chi connectivity index (χ0) is 22.7. The molecule has 1 saturated heterocycles. The minimum Gasteiger partial charge on any atom is -0.380 e. The molecule has 1 fully saturated rings. The smallest absolute Gasteiger partial charge is 0.258 e. The molecule has 0 spiro atoms. The van der Waals surface area contributed by atoms with Crippen molar-refractivity contribution in [3.8, 4) is 0 Å². The van der Waals surface area contributed by atoms with Crippen LogP contribution in [-0.2, 0) is 4.74 Å². The zero-order valence-electron chi connectivity index (χ0n) is 17.4. The van der Waals surface area contributed by atoms with Crippen LogP contribution in [0.2, 0.25) is 0 Å². The molecule has 4 rings (SSSR count). The summed E-state index contributed by atoms with van der Waals surface area (Å²) in [5, 5.41) is 4.17. The molecule has 32 heavy (non-hydrogen) atoms. The van der Waals surface area contributed by atoms with E-state index < -0.39 is 11.4 Å². The van der Waals surface area contributed by atoms with Crippen LogP contribution in [0.15, 0.2) is 63.4 Å². The summed E-state index contributed by atoms with van der Waals surface area (Å²) >= 11 is 0. The van der Waals surface area contributed by atoms with Gasteiger partial charge in [0.25, 0.3) is 11.5 Å². The van der Waals surface area contributed by atoms with Gasteiger partial charge in [-0.3, -0.25) is 14.6 Å². The Morgan fingerprint density at radius 2 is 2.03 bits per heavy atom. The first kappa shape index (κ1) is 21.4. The van der Waals surface area contributed by atoms with Gasteiger partial charge in [0.1, 0.15) is 11.5 Å². The predicted octanol–water partition coefficient (Wildman–Crippen LogP) is 2.59. The van der Waals surface area contributed by atoms with Gasteiger partial charge in [0.15, 0.2) is 0 Å². The number of rotatable bonds is 5. The van der Waals surface area contributed by atoms with Crippen molar-refractivity contribution in [2.45, 2.75) is 12.5 Å². The van der Waals surface area contributed by atoms with Gasteiger partial charge >= 0.3 is 0 Å². The van der Waals surface area contributed by atoms with E-state index in [9.17, 15) is 14.0 Å².